The lowest BCUT2D eigenvalue weighted by Gasteiger charge is -2.07. The lowest BCUT2D eigenvalue weighted by atomic mass is 10.1. The summed E-state index contributed by atoms with van der Waals surface area (Å²) in [6.07, 6.45) is 4.66. The first-order chi connectivity index (χ1) is 12.7. The summed E-state index contributed by atoms with van der Waals surface area (Å²) in [5.74, 6) is 0.697. The molecule has 4 rings (SSSR count). The molecule has 26 heavy (non-hydrogen) atoms. The van der Waals surface area contributed by atoms with Crippen molar-refractivity contribution in [1.82, 2.24) is 30.2 Å². The summed E-state index contributed by atoms with van der Waals surface area (Å²) >= 11 is 0. The van der Waals surface area contributed by atoms with E-state index in [1.165, 1.54) is 16.5 Å². The van der Waals surface area contributed by atoms with Crippen LogP contribution >= 0.6 is 0 Å². The van der Waals surface area contributed by atoms with Crippen molar-refractivity contribution in [2.24, 2.45) is 0 Å². The Morgan fingerprint density at radius 3 is 3.00 bits per heavy atom. The zero-order valence-electron chi connectivity index (χ0n) is 14.5. The van der Waals surface area contributed by atoms with Crippen LogP contribution in [0.25, 0.3) is 16.6 Å². The summed E-state index contributed by atoms with van der Waals surface area (Å²) in [6, 6.07) is 11.7. The van der Waals surface area contributed by atoms with Crippen molar-refractivity contribution >= 4 is 22.6 Å². The molecule has 3 aromatic heterocycles. The van der Waals surface area contributed by atoms with Gasteiger partial charge in [-0.15, -0.1) is 10.2 Å². The number of aromatic amines is 1. The molecule has 2 amide bonds. The molecule has 0 unspecified atom stereocenters. The number of rotatable bonds is 5. The van der Waals surface area contributed by atoms with E-state index in [0.29, 0.717) is 18.9 Å². The number of amides is 2. The molecule has 0 aliphatic rings. The molecule has 4 aromatic rings. The molecule has 0 aliphatic heterocycles. The van der Waals surface area contributed by atoms with Crippen LogP contribution in [0.4, 0.5) is 4.79 Å². The van der Waals surface area contributed by atoms with Gasteiger partial charge in [0.25, 0.3) is 0 Å². The van der Waals surface area contributed by atoms with Gasteiger partial charge in [-0.25, -0.2) is 4.79 Å². The predicted octanol–water partition coefficient (Wildman–Crippen LogP) is 2.56. The van der Waals surface area contributed by atoms with E-state index in [1.54, 1.807) is 0 Å². The number of hydrogen-bond donors (Lipinski definition) is 3. The zero-order valence-corrected chi connectivity index (χ0v) is 14.5. The van der Waals surface area contributed by atoms with Gasteiger partial charge in [-0.3, -0.25) is 4.40 Å². The predicted molar refractivity (Wildman–Crippen MR) is 100.0 cm³/mol. The monoisotopic (exact) mass is 348 g/mol. The highest BCUT2D eigenvalue weighted by Gasteiger charge is 2.08. The molecule has 0 radical (unpaired) electrons. The molecule has 1 aromatic carbocycles. The van der Waals surface area contributed by atoms with E-state index in [4.69, 9.17) is 0 Å². The standard InChI is InChI=1S/C19H20N6O/c1-13-5-4-6-15-14(11-21-18(13)15)8-9-20-19(26)22-12-17-24-23-16-7-2-3-10-25(16)17/h2-7,10-11,21H,8-9,12H2,1H3,(H2,20,22,26). The summed E-state index contributed by atoms with van der Waals surface area (Å²) in [5, 5.41) is 15.1. The van der Waals surface area contributed by atoms with Crippen LogP contribution in [0.2, 0.25) is 0 Å². The van der Waals surface area contributed by atoms with Crippen LogP contribution in [0.5, 0.6) is 0 Å². The number of nitrogens with one attached hydrogen (secondary N) is 3. The highest BCUT2D eigenvalue weighted by Crippen LogP contribution is 2.21. The van der Waals surface area contributed by atoms with Gasteiger partial charge < -0.3 is 15.6 Å². The van der Waals surface area contributed by atoms with Crippen LogP contribution in [0.3, 0.4) is 0 Å². The Morgan fingerprint density at radius 1 is 1.15 bits per heavy atom. The fourth-order valence-electron chi connectivity index (χ4n) is 3.11. The Balaban J connectivity index is 1.31. The molecule has 7 nitrogen and oxygen atoms in total. The average Bonchev–Trinajstić information content (AvgIpc) is 3.25. The number of H-pyrrole nitrogens is 1. The third-order valence-corrected chi connectivity index (χ3v) is 4.48. The first-order valence-corrected chi connectivity index (χ1v) is 8.58. The summed E-state index contributed by atoms with van der Waals surface area (Å²) < 4.78 is 1.86. The van der Waals surface area contributed by atoms with E-state index >= 15 is 0 Å². The average molecular weight is 348 g/mol. The highest BCUT2D eigenvalue weighted by atomic mass is 16.2. The number of nitrogens with zero attached hydrogens (tertiary/aromatic N) is 3. The minimum Gasteiger partial charge on any atom is -0.361 e. The Labute approximate surface area is 150 Å². The largest absolute Gasteiger partial charge is 0.361 e. The molecule has 0 saturated carbocycles. The summed E-state index contributed by atoms with van der Waals surface area (Å²) in [4.78, 5) is 15.3. The first-order valence-electron chi connectivity index (χ1n) is 8.58. The number of benzene rings is 1. The van der Waals surface area contributed by atoms with Crippen LogP contribution in [0.1, 0.15) is 17.0 Å². The van der Waals surface area contributed by atoms with Gasteiger partial charge in [-0.05, 0) is 36.6 Å². The minimum absolute atomic E-state index is 0.214. The molecule has 0 atom stereocenters. The topological polar surface area (TPSA) is 87.1 Å². The van der Waals surface area contributed by atoms with E-state index in [2.05, 4.69) is 50.9 Å². The van der Waals surface area contributed by atoms with Gasteiger partial charge in [0, 0.05) is 29.8 Å². The molecule has 132 valence electrons. The second-order valence-electron chi connectivity index (χ2n) is 6.22. The quantitative estimate of drug-likeness (QED) is 0.518. The number of aromatic nitrogens is 4. The molecule has 3 N–H and O–H groups in total. The smallest absolute Gasteiger partial charge is 0.315 e. The van der Waals surface area contributed by atoms with Crippen molar-refractivity contribution in [1.29, 1.82) is 0 Å². The van der Waals surface area contributed by atoms with Gasteiger partial charge in [0.2, 0.25) is 0 Å². The van der Waals surface area contributed by atoms with Crippen LogP contribution in [-0.2, 0) is 13.0 Å². The molecular formula is C19H20N6O. The van der Waals surface area contributed by atoms with Gasteiger partial charge in [-0.1, -0.05) is 24.3 Å². The van der Waals surface area contributed by atoms with Gasteiger partial charge in [-0.2, -0.15) is 0 Å². The number of fused-ring (bicyclic) bond motifs is 2. The van der Waals surface area contributed by atoms with Crippen LogP contribution in [0.15, 0.2) is 48.8 Å². The van der Waals surface area contributed by atoms with Gasteiger partial charge >= 0.3 is 6.03 Å². The molecule has 7 heteroatoms. The van der Waals surface area contributed by atoms with Crippen LogP contribution in [-0.4, -0.2) is 32.2 Å². The number of para-hydroxylation sites is 1. The van der Waals surface area contributed by atoms with E-state index in [-0.39, 0.29) is 6.03 Å². The maximum absolute atomic E-state index is 12.0. The third kappa shape index (κ3) is 3.11. The maximum Gasteiger partial charge on any atom is 0.315 e. The molecule has 0 bridgehead atoms. The molecule has 0 spiro atoms. The lowest BCUT2D eigenvalue weighted by molar-refractivity contribution is 0.240. The number of urea groups is 1. The minimum atomic E-state index is -0.214. The van der Waals surface area contributed by atoms with Crippen LogP contribution < -0.4 is 10.6 Å². The number of hydrogen-bond acceptors (Lipinski definition) is 3. The maximum atomic E-state index is 12.0. The Hall–Kier alpha value is -3.35. The Kier molecular flexibility index (Phi) is 4.27. The van der Waals surface area contributed by atoms with E-state index in [1.807, 2.05) is 35.0 Å². The van der Waals surface area contributed by atoms with Gasteiger partial charge in [0.1, 0.15) is 0 Å². The number of pyridine rings is 1. The van der Waals surface area contributed by atoms with Crippen molar-refractivity contribution < 1.29 is 4.79 Å². The molecular weight excluding hydrogens is 328 g/mol. The second kappa shape index (κ2) is 6.87. The molecule has 0 aliphatic carbocycles. The van der Waals surface area contributed by atoms with Crippen molar-refractivity contribution in [2.75, 3.05) is 6.54 Å². The lowest BCUT2D eigenvalue weighted by Crippen LogP contribution is -2.36. The summed E-state index contributed by atoms with van der Waals surface area (Å²) in [7, 11) is 0. The van der Waals surface area contributed by atoms with Crippen LogP contribution in [0, 0.1) is 6.92 Å². The normalized spacial score (nSPS) is 11.1. The molecule has 3 heterocycles. The Morgan fingerprint density at radius 2 is 2.08 bits per heavy atom. The van der Waals surface area contributed by atoms with E-state index in [9.17, 15) is 4.79 Å². The SMILES string of the molecule is Cc1cccc2c(CCNC(=O)NCc3nnc4ccccn34)c[nH]c12. The van der Waals surface area contributed by atoms with Gasteiger partial charge in [0.05, 0.1) is 6.54 Å². The van der Waals surface area contributed by atoms with Crippen molar-refractivity contribution in [2.45, 2.75) is 19.9 Å². The van der Waals surface area contributed by atoms with E-state index < -0.39 is 0 Å². The van der Waals surface area contributed by atoms with Crippen molar-refractivity contribution in [3.8, 4) is 0 Å². The Bertz CT molecular complexity index is 1060. The third-order valence-electron chi connectivity index (χ3n) is 4.48. The first kappa shape index (κ1) is 16.1. The molecule has 0 fully saturated rings. The summed E-state index contributed by atoms with van der Waals surface area (Å²) in [6.45, 7) is 2.97. The molecule has 0 saturated heterocycles. The fraction of sp³-hybridized carbons (Fsp3) is 0.211. The fourth-order valence-corrected chi connectivity index (χ4v) is 3.11. The van der Waals surface area contributed by atoms with Crippen molar-refractivity contribution in [3.63, 3.8) is 0 Å². The highest BCUT2D eigenvalue weighted by molar-refractivity contribution is 5.85. The summed E-state index contributed by atoms with van der Waals surface area (Å²) in [5.41, 5.74) is 4.34. The van der Waals surface area contributed by atoms with E-state index in [0.717, 1.165) is 17.6 Å². The zero-order chi connectivity index (χ0) is 17.9. The number of carbonyl (C=O) groups is 1. The second-order valence-corrected chi connectivity index (χ2v) is 6.22. The number of aryl methyl sites for hydroxylation is 1. The number of carbonyl (C=O) groups excluding carboxylic acids is 1. The van der Waals surface area contributed by atoms with Crippen molar-refractivity contribution in [3.05, 3.63) is 65.7 Å². The van der Waals surface area contributed by atoms with Gasteiger partial charge in [0.15, 0.2) is 11.5 Å².